The lowest BCUT2D eigenvalue weighted by molar-refractivity contribution is -0.117. The summed E-state index contributed by atoms with van der Waals surface area (Å²) in [7, 11) is 0. The molecule has 6 heteroatoms. The summed E-state index contributed by atoms with van der Waals surface area (Å²) in [6.07, 6.45) is 1.89. The molecule has 1 aliphatic carbocycles. The van der Waals surface area contributed by atoms with Crippen LogP contribution >= 0.6 is 0 Å². The first-order valence-corrected chi connectivity index (χ1v) is 8.08. The number of carbonyl (C=O) groups is 2. The summed E-state index contributed by atoms with van der Waals surface area (Å²) in [4.78, 5) is 23.9. The molecule has 0 unspecified atom stereocenters. The molecule has 1 fully saturated rings. The van der Waals surface area contributed by atoms with Crippen LogP contribution in [-0.4, -0.2) is 22.6 Å². The Morgan fingerprint density at radius 1 is 1.08 bits per heavy atom. The molecule has 0 atom stereocenters. The molecule has 3 rings (SSSR count). The third kappa shape index (κ3) is 4.23. The first kappa shape index (κ1) is 16.7. The van der Waals surface area contributed by atoms with E-state index in [1.807, 2.05) is 0 Å². The van der Waals surface area contributed by atoms with Gasteiger partial charge in [-0.1, -0.05) is 12.1 Å². The number of hydrogen-bond acceptors (Lipinski definition) is 4. The number of phenolic OH excluding ortho intramolecular Hbond substituents is 1. The van der Waals surface area contributed by atoms with Gasteiger partial charge in [-0.2, -0.15) is 5.10 Å². The summed E-state index contributed by atoms with van der Waals surface area (Å²) in [5, 5.41) is 16.6. The Kier molecular flexibility index (Phi) is 4.79. The Morgan fingerprint density at radius 3 is 2.40 bits per heavy atom. The fourth-order valence-corrected chi connectivity index (χ4v) is 2.33. The maximum absolute atomic E-state index is 12.1. The summed E-state index contributed by atoms with van der Waals surface area (Å²) >= 11 is 0. The highest BCUT2D eigenvalue weighted by molar-refractivity contribution is 6.02. The predicted molar refractivity (Wildman–Crippen MR) is 95.6 cm³/mol. The third-order valence-corrected chi connectivity index (χ3v) is 3.98. The second-order valence-corrected chi connectivity index (χ2v) is 6.00. The number of benzene rings is 2. The molecule has 1 saturated carbocycles. The van der Waals surface area contributed by atoms with Crippen molar-refractivity contribution in [3.63, 3.8) is 0 Å². The first-order valence-electron chi connectivity index (χ1n) is 8.08. The van der Waals surface area contributed by atoms with Gasteiger partial charge < -0.3 is 10.4 Å². The molecule has 6 nitrogen and oxygen atoms in total. The van der Waals surface area contributed by atoms with Crippen molar-refractivity contribution in [2.75, 3.05) is 5.32 Å². The Hall–Kier alpha value is -3.15. The van der Waals surface area contributed by atoms with Crippen LogP contribution in [0, 0.1) is 5.92 Å². The Labute approximate surface area is 145 Å². The molecule has 3 N–H and O–H groups in total. The van der Waals surface area contributed by atoms with Gasteiger partial charge in [-0.05, 0) is 56.2 Å². The lowest BCUT2D eigenvalue weighted by atomic mass is 10.1. The molecule has 2 aromatic rings. The van der Waals surface area contributed by atoms with E-state index in [0.29, 0.717) is 22.5 Å². The van der Waals surface area contributed by atoms with E-state index < -0.39 is 0 Å². The standard InChI is InChI=1S/C19H19N3O3/c1-12(16-4-2-3-5-17(16)23)21-22-19(25)14-8-10-15(11-9-14)20-18(24)13-6-7-13/h2-5,8-11,13,23H,6-7H2,1H3,(H,20,24)(H,22,25)/b21-12+. The SMILES string of the molecule is C/C(=N\NC(=O)c1ccc(NC(=O)C2CC2)cc1)c1ccccc1O. The van der Waals surface area contributed by atoms with E-state index in [-0.39, 0.29) is 23.5 Å². The van der Waals surface area contributed by atoms with Gasteiger partial charge >= 0.3 is 0 Å². The van der Waals surface area contributed by atoms with Crippen molar-refractivity contribution in [3.8, 4) is 5.75 Å². The average molecular weight is 337 g/mol. The number of aromatic hydroxyl groups is 1. The van der Waals surface area contributed by atoms with E-state index >= 15 is 0 Å². The number of carbonyl (C=O) groups excluding carboxylic acids is 2. The van der Waals surface area contributed by atoms with Crippen molar-refractivity contribution in [1.29, 1.82) is 0 Å². The molecule has 0 heterocycles. The molecular weight excluding hydrogens is 318 g/mol. The number of nitrogens with zero attached hydrogens (tertiary/aromatic N) is 1. The van der Waals surface area contributed by atoms with Gasteiger partial charge in [0.1, 0.15) is 5.75 Å². The topological polar surface area (TPSA) is 90.8 Å². The van der Waals surface area contributed by atoms with Crippen molar-refractivity contribution in [3.05, 3.63) is 59.7 Å². The minimum Gasteiger partial charge on any atom is -0.507 e. The van der Waals surface area contributed by atoms with Crippen LogP contribution in [0.25, 0.3) is 0 Å². The molecule has 0 aliphatic heterocycles. The quantitative estimate of drug-likeness (QED) is 0.579. The van der Waals surface area contributed by atoms with Crippen molar-refractivity contribution >= 4 is 23.2 Å². The predicted octanol–water partition coefficient (Wildman–Crippen LogP) is 2.89. The summed E-state index contributed by atoms with van der Waals surface area (Å²) in [5.41, 5.74) is 4.62. The molecular formula is C19H19N3O3. The number of rotatable bonds is 5. The van der Waals surface area contributed by atoms with Crippen LogP contribution in [0.15, 0.2) is 53.6 Å². The first-order chi connectivity index (χ1) is 12.0. The summed E-state index contributed by atoms with van der Waals surface area (Å²) in [6, 6.07) is 13.4. The number of phenols is 1. The minimum atomic E-state index is -0.366. The monoisotopic (exact) mass is 337 g/mol. The van der Waals surface area contributed by atoms with Crippen LogP contribution in [0.5, 0.6) is 5.75 Å². The van der Waals surface area contributed by atoms with Crippen LogP contribution in [0.4, 0.5) is 5.69 Å². The van der Waals surface area contributed by atoms with E-state index in [1.165, 1.54) is 0 Å². The van der Waals surface area contributed by atoms with E-state index in [9.17, 15) is 14.7 Å². The third-order valence-electron chi connectivity index (χ3n) is 3.98. The minimum absolute atomic E-state index is 0.0279. The molecule has 2 amide bonds. The largest absolute Gasteiger partial charge is 0.507 e. The molecule has 1 aliphatic rings. The number of amides is 2. The summed E-state index contributed by atoms with van der Waals surface area (Å²) < 4.78 is 0. The van der Waals surface area contributed by atoms with Gasteiger partial charge in [-0.15, -0.1) is 0 Å². The van der Waals surface area contributed by atoms with Gasteiger partial charge in [0.25, 0.3) is 5.91 Å². The second-order valence-electron chi connectivity index (χ2n) is 6.00. The lowest BCUT2D eigenvalue weighted by Gasteiger charge is -2.06. The Bertz CT molecular complexity index is 824. The van der Waals surface area contributed by atoms with Crippen LogP contribution < -0.4 is 10.7 Å². The molecule has 128 valence electrons. The van der Waals surface area contributed by atoms with Crippen LogP contribution in [0.3, 0.4) is 0 Å². The fourth-order valence-electron chi connectivity index (χ4n) is 2.33. The summed E-state index contributed by atoms with van der Waals surface area (Å²) in [6.45, 7) is 1.70. The molecule has 0 saturated heterocycles. The smallest absolute Gasteiger partial charge is 0.271 e. The highest BCUT2D eigenvalue weighted by Crippen LogP contribution is 2.30. The van der Waals surface area contributed by atoms with Crippen molar-refractivity contribution < 1.29 is 14.7 Å². The molecule has 0 aromatic heterocycles. The number of anilines is 1. The molecule has 0 bridgehead atoms. The van der Waals surface area contributed by atoms with Crippen LogP contribution in [0.1, 0.15) is 35.7 Å². The molecule has 0 spiro atoms. The number of hydrogen-bond donors (Lipinski definition) is 3. The van der Waals surface area contributed by atoms with E-state index in [4.69, 9.17) is 0 Å². The lowest BCUT2D eigenvalue weighted by Crippen LogP contribution is -2.19. The number of nitrogens with one attached hydrogen (secondary N) is 2. The molecule has 25 heavy (non-hydrogen) atoms. The highest BCUT2D eigenvalue weighted by Gasteiger charge is 2.29. The average Bonchev–Trinajstić information content (AvgIpc) is 3.45. The van der Waals surface area contributed by atoms with E-state index in [0.717, 1.165) is 12.8 Å². The van der Waals surface area contributed by atoms with Gasteiger partial charge in [-0.3, -0.25) is 9.59 Å². The zero-order valence-corrected chi connectivity index (χ0v) is 13.8. The Morgan fingerprint density at radius 2 is 1.76 bits per heavy atom. The highest BCUT2D eigenvalue weighted by atomic mass is 16.3. The van der Waals surface area contributed by atoms with Crippen molar-refractivity contribution in [1.82, 2.24) is 5.43 Å². The van der Waals surface area contributed by atoms with Crippen LogP contribution in [0.2, 0.25) is 0 Å². The maximum Gasteiger partial charge on any atom is 0.271 e. The van der Waals surface area contributed by atoms with Gasteiger partial charge in [0.05, 0.1) is 5.71 Å². The van der Waals surface area contributed by atoms with E-state index in [2.05, 4.69) is 15.8 Å². The molecule has 2 aromatic carbocycles. The van der Waals surface area contributed by atoms with Gasteiger partial charge in [0.2, 0.25) is 5.91 Å². The number of hydrazone groups is 1. The van der Waals surface area contributed by atoms with Gasteiger partial charge in [0.15, 0.2) is 0 Å². The number of para-hydroxylation sites is 1. The summed E-state index contributed by atoms with van der Waals surface area (Å²) in [5.74, 6) is -0.0987. The van der Waals surface area contributed by atoms with Crippen molar-refractivity contribution in [2.45, 2.75) is 19.8 Å². The van der Waals surface area contributed by atoms with E-state index in [1.54, 1.807) is 55.5 Å². The zero-order valence-electron chi connectivity index (χ0n) is 13.8. The maximum atomic E-state index is 12.1. The molecule has 0 radical (unpaired) electrons. The zero-order chi connectivity index (χ0) is 17.8. The normalized spacial score (nSPS) is 14.0. The van der Waals surface area contributed by atoms with Crippen molar-refractivity contribution in [2.24, 2.45) is 11.0 Å². The van der Waals surface area contributed by atoms with Gasteiger partial charge in [-0.25, -0.2) is 5.43 Å². The Balaban J connectivity index is 1.62. The van der Waals surface area contributed by atoms with Gasteiger partial charge in [0, 0.05) is 22.7 Å². The fraction of sp³-hybridized carbons (Fsp3) is 0.211. The second kappa shape index (κ2) is 7.17. The van der Waals surface area contributed by atoms with Crippen LogP contribution in [-0.2, 0) is 4.79 Å².